The second kappa shape index (κ2) is 6.33. The molecule has 0 aromatic heterocycles. The maximum Gasteiger partial charge on any atom is 0.0870 e. The summed E-state index contributed by atoms with van der Waals surface area (Å²) in [5.74, 6) is 1.35. The van der Waals surface area contributed by atoms with Gasteiger partial charge in [-0.1, -0.05) is 39.9 Å². The average Bonchev–Trinajstić information content (AvgIpc) is 1.80. The lowest BCUT2D eigenvalue weighted by Gasteiger charge is -2.25. The first kappa shape index (κ1) is 12.8. The van der Waals surface area contributed by atoms with Crippen LogP contribution < -0.4 is 5.73 Å². The monoisotopic (exact) mass is 202 g/mol. The highest BCUT2D eigenvalue weighted by Gasteiger charge is 2.09. The number of rotatable bonds is 6. The second-order valence-electron chi connectivity index (χ2n) is 4.45. The number of nitrogens with zero attached hydrogens (tertiary/aromatic N) is 1. The van der Waals surface area contributed by atoms with Crippen LogP contribution in [0, 0.1) is 11.8 Å². The summed E-state index contributed by atoms with van der Waals surface area (Å²) in [4.78, 5) is 2.93. The van der Waals surface area contributed by atoms with Crippen LogP contribution >= 0.6 is 12.2 Å². The molecule has 0 bridgehead atoms. The van der Waals surface area contributed by atoms with E-state index >= 15 is 0 Å². The van der Waals surface area contributed by atoms with Gasteiger partial charge < -0.3 is 5.73 Å². The van der Waals surface area contributed by atoms with Crippen LogP contribution in [0.5, 0.6) is 0 Å². The Balaban J connectivity index is 3.95. The van der Waals surface area contributed by atoms with E-state index < -0.39 is 0 Å². The van der Waals surface area contributed by atoms with Gasteiger partial charge in [0.15, 0.2) is 0 Å². The second-order valence-corrected chi connectivity index (χ2v) is 4.97. The topological polar surface area (TPSA) is 29.3 Å². The molecular formula is C10H22N2S. The summed E-state index contributed by atoms with van der Waals surface area (Å²) < 4.78 is 0. The van der Waals surface area contributed by atoms with Crippen molar-refractivity contribution in [1.29, 1.82) is 0 Å². The van der Waals surface area contributed by atoms with Gasteiger partial charge in [0, 0.05) is 19.6 Å². The molecule has 78 valence electrons. The summed E-state index contributed by atoms with van der Waals surface area (Å²) in [5, 5.41) is 0. The molecular weight excluding hydrogens is 180 g/mol. The first-order chi connectivity index (χ1) is 5.91. The van der Waals surface area contributed by atoms with Crippen LogP contribution in [0.2, 0.25) is 0 Å². The normalized spacial score (nSPS) is 11.6. The van der Waals surface area contributed by atoms with Crippen molar-refractivity contribution in [2.75, 3.05) is 19.6 Å². The molecule has 0 heterocycles. The summed E-state index contributed by atoms with van der Waals surface area (Å²) in [7, 11) is 0. The van der Waals surface area contributed by atoms with Gasteiger partial charge >= 0.3 is 0 Å². The molecule has 0 aliphatic carbocycles. The fourth-order valence-corrected chi connectivity index (χ4v) is 1.64. The van der Waals surface area contributed by atoms with Gasteiger partial charge in [0.05, 0.1) is 4.99 Å². The summed E-state index contributed by atoms with van der Waals surface area (Å²) in [6, 6.07) is 0. The molecule has 0 amide bonds. The maximum atomic E-state index is 5.53. The van der Waals surface area contributed by atoms with Gasteiger partial charge in [-0.05, 0) is 11.8 Å². The summed E-state index contributed by atoms with van der Waals surface area (Å²) in [6.07, 6.45) is 0. The van der Waals surface area contributed by atoms with Crippen LogP contribution in [0.15, 0.2) is 0 Å². The van der Waals surface area contributed by atoms with E-state index in [9.17, 15) is 0 Å². The van der Waals surface area contributed by atoms with E-state index in [1.54, 1.807) is 0 Å². The summed E-state index contributed by atoms with van der Waals surface area (Å²) in [5.41, 5.74) is 5.53. The lowest BCUT2D eigenvalue weighted by molar-refractivity contribution is 0.248. The minimum atomic E-state index is 0.598. The highest BCUT2D eigenvalue weighted by atomic mass is 32.1. The number of hydrogen-bond donors (Lipinski definition) is 1. The predicted molar refractivity (Wildman–Crippen MR) is 62.9 cm³/mol. The van der Waals surface area contributed by atoms with Crippen LogP contribution in [-0.4, -0.2) is 29.5 Å². The smallest absolute Gasteiger partial charge is 0.0870 e. The largest absolute Gasteiger partial charge is 0.392 e. The third-order valence-electron chi connectivity index (χ3n) is 1.63. The van der Waals surface area contributed by atoms with Crippen molar-refractivity contribution in [3.63, 3.8) is 0 Å². The first-order valence-corrected chi connectivity index (χ1v) is 5.33. The molecule has 0 saturated heterocycles. The highest BCUT2D eigenvalue weighted by molar-refractivity contribution is 7.80. The van der Waals surface area contributed by atoms with Gasteiger partial charge in [0.2, 0.25) is 0 Å². The Hall–Kier alpha value is -0.150. The zero-order valence-corrected chi connectivity index (χ0v) is 10.0. The van der Waals surface area contributed by atoms with E-state index in [2.05, 4.69) is 32.6 Å². The molecule has 0 atom stereocenters. The standard InChI is InChI=1S/C10H22N2S/c1-8(2)5-12(6-9(3)4)7-10(11)13/h8-9H,5-7H2,1-4H3,(H2,11,13). The van der Waals surface area contributed by atoms with Crippen molar-refractivity contribution in [1.82, 2.24) is 4.90 Å². The van der Waals surface area contributed by atoms with Crippen molar-refractivity contribution >= 4 is 17.2 Å². The van der Waals surface area contributed by atoms with Gasteiger partial charge in [0.25, 0.3) is 0 Å². The SMILES string of the molecule is CC(C)CN(CC(N)=S)CC(C)C. The van der Waals surface area contributed by atoms with Crippen LogP contribution in [0.3, 0.4) is 0 Å². The van der Waals surface area contributed by atoms with Crippen molar-refractivity contribution in [2.24, 2.45) is 17.6 Å². The van der Waals surface area contributed by atoms with Crippen molar-refractivity contribution < 1.29 is 0 Å². The molecule has 13 heavy (non-hydrogen) atoms. The Bertz CT molecular complexity index is 145. The molecule has 0 aliphatic rings. The minimum Gasteiger partial charge on any atom is -0.392 e. The Morgan fingerprint density at radius 2 is 1.54 bits per heavy atom. The highest BCUT2D eigenvalue weighted by Crippen LogP contribution is 2.03. The fourth-order valence-electron chi connectivity index (χ4n) is 1.46. The maximum absolute atomic E-state index is 5.53. The zero-order chi connectivity index (χ0) is 10.4. The van der Waals surface area contributed by atoms with Gasteiger partial charge in [-0.25, -0.2) is 0 Å². The Labute approximate surface area is 87.5 Å². The van der Waals surface area contributed by atoms with E-state index in [0.717, 1.165) is 19.6 Å². The molecule has 0 aromatic carbocycles. The molecule has 3 heteroatoms. The van der Waals surface area contributed by atoms with Crippen LogP contribution in [0.4, 0.5) is 0 Å². The third kappa shape index (κ3) is 8.19. The van der Waals surface area contributed by atoms with Crippen LogP contribution in [-0.2, 0) is 0 Å². The van der Waals surface area contributed by atoms with Gasteiger partial charge in [-0.2, -0.15) is 0 Å². The van der Waals surface area contributed by atoms with E-state index in [0.29, 0.717) is 16.8 Å². The average molecular weight is 202 g/mol. The van der Waals surface area contributed by atoms with Crippen molar-refractivity contribution in [2.45, 2.75) is 27.7 Å². The number of hydrogen-bond acceptors (Lipinski definition) is 2. The number of nitrogens with two attached hydrogens (primary N) is 1. The van der Waals surface area contributed by atoms with Crippen molar-refractivity contribution in [3.05, 3.63) is 0 Å². The van der Waals surface area contributed by atoms with Crippen LogP contribution in [0.25, 0.3) is 0 Å². The lowest BCUT2D eigenvalue weighted by Crippen LogP contribution is -2.37. The molecule has 0 rings (SSSR count). The van der Waals surface area contributed by atoms with Gasteiger partial charge in [0.1, 0.15) is 0 Å². The van der Waals surface area contributed by atoms with E-state index in [1.807, 2.05) is 0 Å². The molecule has 0 spiro atoms. The molecule has 0 unspecified atom stereocenters. The van der Waals surface area contributed by atoms with E-state index in [4.69, 9.17) is 18.0 Å². The fraction of sp³-hybridized carbons (Fsp3) is 0.900. The molecule has 0 aromatic rings. The van der Waals surface area contributed by atoms with Crippen molar-refractivity contribution in [3.8, 4) is 0 Å². The predicted octanol–water partition coefficient (Wildman–Crippen LogP) is 1.89. The quantitative estimate of drug-likeness (QED) is 0.667. The molecule has 2 N–H and O–H groups in total. The molecule has 0 radical (unpaired) electrons. The Kier molecular flexibility index (Phi) is 6.25. The molecule has 2 nitrogen and oxygen atoms in total. The molecule has 0 saturated carbocycles. The number of thiocarbonyl (C=S) groups is 1. The Morgan fingerprint density at radius 1 is 1.15 bits per heavy atom. The summed E-state index contributed by atoms with van der Waals surface area (Å²) in [6.45, 7) is 11.8. The first-order valence-electron chi connectivity index (χ1n) is 4.92. The molecule has 0 aliphatic heterocycles. The Morgan fingerprint density at radius 3 is 1.77 bits per heavy atom. The van der Waals surface area contributed by atoms with Gasteiger partial charge in [-0.15, -0.1) is 0 Å². The van der Waals surface area contributed by atoms with E-state index in [1.165, 1.54) is 0 Å². The minimum absolute atomic E-state index is 0.598. The van der Waals surface area contributed by atoms with E-state index in [-0.39, 0.29) is 0 Å². The third-order valence-corrected chi connectivity index (χ3v) is 1.76. The lowest BCUT2D eigenvalue weighted by atomic mass is 10.1. The van der Waals surface area contributed by atoms with Crippen LogP contribution in [0.1, 0.15) is 27.7 Å². The molecule has 0 fully saturated rings. The summed E-state index contributed by atoms with van der Waals surface area (Å²) >= 11 is 4.91. The van der Waals surface area contributed by atoms with Gasteiger partial charge in [-0.3, -0.25) is 4.90 Å². The zero-order valence-electron chi connectivity index (χ0n) is 9.21.